The summed E-state index contributed by atoms with van der Waals surface area (Å²) in [5.74, 6) is 0.600. The molecule has 2 aromatic heterocycles. The normalized spacial score (nSPS) is 9.33. The zero-order valence-corrected chi connectivity index (χ0v) is 9.87. The van der Waals surface area contributed by atoms with E-state index in [0.717, 1.165) is 0 Å². The van der Waals surface area contributed by atoms with Crippen LogP contribution in [0.15, 0.2) is 24.8 Å². The summed E-state index contributed by atoms with van der Waals surface area (Å²) in [6.45, 7) is 4.00. The summed E-state index contributed by atoms with van der Waals surface area (Å²) in [6.07, 6.45) is 4.99. The van der Waals surface area contributed by atoms with Crippen molar-refractivity contribution in [3.63, 3.8) is 0 Å². The Labute approximate surface area is 97.9 Å². The van der Waals surface area contributed by atoms with Crippen molar-refractivity contribution < 1.29 is 0 Å². The molecule has 2 heterocycles. The molecule has 0 aliphatic rings. The molecule has 15 heavy (non-hydrogen) atoms. The number of hydrogen-bond acceptors (Lipinski definition) is 3. The molecule has 0 N–H and O–H groups in total. The largest absolute Gasteiger partial charge is 0.290 e. The van der Waals surface area contributed by atoms with Crippen LogP contribution in [0.5, 0.6) is 0 Å². The van der Waals surface area contributed by atoms with Crippen molar-refractivity contribution in [2.45, 2.75) is 13.8 Å². The lowest BCUT2D eigenvalue weighted by atomic mass is 10.6. The Morgan fingerprint density at radius 3 is 2.47 bits per heavy atom. The number of rotatable bonds is 1. The van der Waals surface area contributed by atoms with E-state index in [2.05, 4.69) is 15.0 Å². The molecule has 2 rings (SSSR count). The minimum Gasteiger partial charge on any atom is -0.290 e. The van der Waals surface area contributed by atoms with Crippen LogP contribution in [0.4, 0.5) is 0 Å². The fraction of sp³-hybridized carbons (Fsp3) is 0.222. The van der Waals surface area contributed by atoms with Gasteiger partial charge in [-0.2, -0.15) is 4.98 Å². The van der Waals surface area contributed by atoms with Crippen molar-refractivity contribution in [1.29, 1.82) is 0 Å². The molecular weight excluding hydrogens is 235 g/mol. The van der Waals surface area contributed by atoms with Gasteiger partial charge in [-0.15, -0.1) is 0 Å². The first-order valence-corrected chi connectivity index (χ1v) is 5.20. The van der Waals surface area contributed by atoms with Crippen molar-refractivity contribution in [1.82, 2.24) is 19.5 Å². The van der Waals surface area contributed by atoms with E-state index in [4.69, 9.17) is 23.2 Å². The highest BCUT2D eigenvalue weighted by Gasteiger charge is 2.01. The monoisotopic (exact) mass is 244 g/mol. The molecule has 0 aliphatic carbocycles. The number of halogens is 2. The second-order valence-electron chi connectivity index (χ2n) is 2.29. The van der Waals surface area contributed by atoms with E-state index in [1.165, 1.54) is 0 Å². The van der Waals surface area contributed by atoms with Gasteiger partial charge in [0, 0.05) is 18.5 Å². The van der Waals surface area contributed by atoms with Crippen LogP contribution >= 0.6 is 23.2 Å². The molecule has 0 unspecified atom stereocenters. The van der Waals surface area contributed by atoms with Crippen LogP contribution in [0, 0.1) is 0 Å². The molecule has 2 aromatic rings. The molecule has 0 radical (unpaired) electrons. The van der Waals surface area contributed by atoms with Crippen LogP contribution in [0.25, 0.3) is 5.82 Å². The summed E-state index contributed by atoms with van der Waals surface area (Å²) in [5.41, 5.74) is 0. The van der Waals surface area contributed by atoms with E-state index in [-0.39, 0.29) is 5.28 Å². The molecule has 0 amide bonds. The Morgan fingerprint density at radius 2 is 1.93 bits per heavy atom. The summed E-state index contributed by atoms with van der Waals surface area (Å²) in [6, 6.07) is 1.61. The molecule has 0 aliphatic heterocycles. The Kier molecular flexibility index (Phi) is 4.52. The number of nitrogens with zero attached hydrogens (tertiary/aromatic N) is 4. The Bertz CT molecular complexity index is 394. The van der Waals surface area contributed by atoms with Gasteiger partial charge in [0.05, 0.1) is 0 Å². The van der Waals surface area contributed by atoms with Crippen molar-refractivity contribution in [3.05, 3.63) is 35.2 Å². The summed E-state index contributed by atoms with van der Waals surface area (Å²) in [4.78, 5) is 11.6. The second kappa shape index (κ2) is 5.68. The molecule has 0 spiro atoms. The van der Waals surface area contributed by atoms with Crippen LogP contribution in [0.1, 0.15) is 13.8 Å². The minimum atomic E-state index is 0.121. The predicted octanol–water partition coefficient (Wildman–Crippen LogP) is 3.00. The molecular formula is C9H10Cl2N4. The van der Waals surface area contributed by atoms with E-state index in [9.17, 15) is 0 Å². The fourth-order valence-electron chi connectivity index (χ4n) is 0.906. The smallest absolute Gasteiger partial charge is 0.225 e. The third kappa shape index (κ3) is 3.18. The Hall–Kier alpha value is -1.13. The maximum Gasteiger partial charge on any atom is 0.225 e. The third-order valence-corrected chi connectivity index (χ3v) is 1.79. The highest BCUT2D eigenvalue weighted by Crippen LogP contribution is 2.13. The summed E-state index contributed by atoms with van der Waals surface area (Å²) in [7, 11) is 0. The van der Waals surface area contributed by atoms with Gasteiger partial charge in [-0.3, -0.25) is 4.57 Å². The molecule has 0 bridgehead atoms. The van der Waals surface area contributed by atoms with Crippen LogP contribution < -0.4 is 0 Å². The average Bonchev–Trinajstić information content (AvgIpc) is 2.72. The zero-order chi connectivity index (χ0) is 11.3. The molecule has 0 aromatic carbocycles. The molecule has 0 saturated heterocycles. The van der Waals surface area contributed by atoms with Gasteiger partial charge in [-0.05, 0) is 11.6 Å². The SMILES string of the molecule is CC.Clc1cc(-n2ccnc2)nc(Cl)n1. The number of hydrogen-bond donors (Lipinski definition) is 0. The topological polar surface area (TPSA) is 43.6 Å². The van der Waals surface area contributed by atoms with Gasteiger partial charge in [0.25, 0.3) is 0 Å². The first kappa shape index (κ1) is 11.9. The van der Waals surface area contributed by atoms with Crippen LogP contribution in [0.2, 0.25) is 10.4 Å². The quantitative estimate of drug-likeness (QED) is 0.573. The van der Waals surface area contributed by atoms with Crippen molar-refractivity contribution in [2.24, 2.45) is 0 Å². The van der Waals surface area contributed by atoms with Gasteiger partial charge in [-0.1, -0.05) is 25.4 Å². The van der Waals surface area contributed by atoms with E-state index < -0.39 is 0 Å². The summed E-state index contributed by atoms with van der Waals surface area (Å²) < 4.78 is 1.69. The predicted molar refractivity (Wildman–Crippen MR) is 60.5 cm³/mol. The Morgan fingerprint density at radius 1 is 1.20 bits per heavy atom. The lowest BCUT2D eigenvalue weighted by Crippen LogP contribution is -1.96. The molecule has 0 fully saturated rings. The van der Waals surface area contributed by atoms with Gasteiger partial charge in [-0.25, -0.2) is 9.97 Å². The van der Waals surface area contributed by atoms with Gasteiger partial charge >= 0.3 is 0 Å². The number of imidazole rings is 1. The first-order valence-electron chi connectivity index (χ1n) is 4.44. The van der Waals surface area contributed by atoms with E-state index in [1.54, 1.807) is 29.4 Å². The van der Waals surface area contributed by atoms with Crippen molar-refractivity contribution in [2.75, 3.05) is 0 Å². The maximum absolute atomic E-state index is 5.70. The van der Waals surface area contributed by atoms with Crippen molar-refractivity contribution >= 4 is 23.2 Å². The Balaban J connectivity index is 0.000000531. The minimum absolute atomic E-state index is 0.121. The standard InChI is InChI=1S/C7H4Cl2N4.C2H6/c8-5-3-6(12-7(9)11-5)13-2-1-10-4-13;1-2/h1-4H;1-2H3. The molecule has 4 nitrogen and oxygen atoms in total. The lowest BCUT2D eigenvalue weighted by Gasteiger charge is -2.00. The zero-order valence-electron chi connectivity index (χ0n) is 8.35. The summed E-state index contributed by atoms with van der Waals surface area (Å²) in [5, 5.41) is 0.430. The molecule has 0 atom stereocenters. The van der Waals surface area contributed by atoms with Crippen LogP contribution in [-0.2, 0) is 0 Å². The van der Waals surface area contributed by atoms with Gasteiger partial charge in [0.1, 0.15) is 17.3 Å². The highest BCUT2D eigenvalue weighted by atomic mass is 35.5. The molecule has 80 valence electrons. The average molecular weight is 245 g/mol. The van der Waals surface area contributed by atoms with Crippen molar-refractivity contribution in [3.8, 4) is 5.82 Å². The number of aromatic nitrogens is 4. The summed E-state index contributed by atoms with van der Waals surface area (Å²) >= 11 is 11.3. The molecule has 0 saturated carbocycles. The second-order valence-corrected chi connectivity index (χ2v) is 3.01. The maximum atomic E-state index is 5.70. The van der Waals surface area contributed by atoms with Crippen LogP contribution in [-0.4, -0.2) is 19.5 Å². The van der Waals surface area contributed by atoms with Gasteiger partial charge in [0.15, 0.2) is 0 Å². The van der Waals surface area contributed by atoms with Gasteiger partial charge in [0.2, 0.25) is 5.28 Å². The molecule has 6 heteroatoms. The lowest BCUT2D eigenvalue weighted by molar-refractivity contribution is 0.971. The van der Waals surface area contributed by atoms with Crippen LogP contribution in [0.3, 0.4) is 0 Å². The highest BCUT2D eigenvalue weighted by molar-refractivity contribution is 6.31. The fourth-order valence-corrected chi connectivity index (χ4v) is 1.30. The van der Waals surface area contributed by atoms with E-state index in [0.29, 0.717) is 11.0 Å². The first-order chi connectivity index (χ1) is 7.25. The van der Waals surface area contributed by atoms with Gasteiger partial charge < -0.3 is 0 Å². The van der Waals surface area contributed by atoms with E-state index in [1.807, 2.05) is 13.8 Å². The third-order valence-electron chi connectivity index (χ3n) is 1.42. The van der Waals surface area contributed by atoms with E-state index >= 15 is 0 Å².